The second kappa shape index (κ2) is 9.02. The van der Waals surface area contributed by atoms with Gasteiger partial charge in [-0.3, -0.25) is 19.3 Å². The number of carbonyl (C=O) groups excluding carboxylic acids is 4. The lowest BCUT2D eigenvalue weighted by Crippen LogP contribution is -2.38. The first-order valence-corrected chi connectivity index (χ1v) is 5.98. The number of hydrogen-bond donors (Lipinski definition) is 0. The summed E-state index contributed by atoms with van der Waals surface area (Å²) in [6.07, 6.45) is 2.85. The average molecular weight is 269 g/mol. The van der Waals surface area contributed by atoms with Crippen LogP contribution in [0.3, 0.4) is 0 Å². The molecule has 0 spiro atoms. The summed E-state index contributed by atoms with van der Waals surface area (Å²) in [6.45, 7) is 5.41. The molecule has 0 N–H and O–H groups in total. The van der Waals surface area contributed by atoms with Crippen LogP contribution >= 0.6 is 0 Å². The minimum absolute atomic E-state index is 0.0000621. The summed E-state index contributed by atoms with van der Waals surface area (Å²) in [5, 5.41) is 0. The van der Waals surface area contributed by atoms with Crippen molar-refractivity contribution in [2.75, 3.05) is 13.2 Å². The van der Waals surface area contributed by atoms with Gasteiger partial charge >= 0.3 is 5.97 Å². The molecular formula is C13H19NO5. The summed E-state index contributed by atoms with van der Waals surface area (Å²) in [6, 6.07) is 0. The predicted molar refractivity (Wildman–Crippen MR) is 67.9 cm³/mol. The highest BCUT2D eigenvalue weighted by Gasteiger charge is 2.22. The third kappa shape index (κ3) is 6.49. The normalized spacial score (nSPS) is 12.2. The molecule has 2 amide bonds. The molecule has 0 rings (SSSR count). The van der Waals surface area contributed by atoms with Crippen LogP contribution in [0.4, 0.5) is 0 Å². The quantitative estimate of drug-likeness (QED) is 0.365. The Hall–Kier alpha value is -1.98. The van der Waals surface area contributed by atoms with Gasteiger partial charge in [0.2, 0.25) is 12.3 Å². The molecular weight excluding hydrogens is 250 g/mol. The van der Waals surface area contributed by atoms with E-state index in [0.29, 0.717) is 12.7 Å². The summed E-state index contributed by atoms with van der Waals surface area (Å²) in [4.78, 5) is 44.7. The number of imide groups is 1. The summed E-state index contributed by atoms with van der Waals surface area (Å²) >= 11 is 0. The molecule has 106 valence electrons. The van der Waals surface area contributed by atoms with E-state index in [1.807, 2.05) is 13.8 Å². The van der Waals surface area contributed by atoms with Gasteiger partial charge in [-0.25, -0.2) is 4.79 Å². The Morgan fingerprint density at radius 2 is 1.84 bits per heavy atom. The Balaban J connectivity index is 4.24. The van der Waals surface area contributed by atoms with E-state index in [2.05, 4.69) is 0 Å². The van der Waals surface area contributed by atoms with Gasteiger partial charge in [0.1, 0.15) is 12.9 Å². The first-order chi connectivity index (χ1) is 8.93. The van der Waals surface area contributed by atoms with Crippen molar-refractivity contribution in [3.05, 3.63) is 12.2 Å². The van der Waals surface area contributed by atoms with Crippen LogP contribution < -0.4 is 0 Å². The second-order valence-corrected chi connectivity index (χ2v) is 4.33. The van der Waals surface area contributed by atoms with Crippen LogP contribution in [-0.2, 0) is 23.9 Å². The summed E-state index contributed by atoms with van der Waals surface area (Å²) < 4.78 is 4.73. The Morgan fingerprint density at radius 1 is 1.21 bits per heavy atom. The lowest BCUT2D eigenvalue weighted by Gasteiger charge is -2.21. The summed E-state index contributed by atoms with van der Waals surface area (Å²) in [7, 11) is 0. The van der Waals surface area contributed by atoms with Crippen molar-refractivity contribution < 1.29 is 23.9 Å². The predicted octanol–water partition coefficient (Wildman–Crippen LogP) is 0.562. The fourth-order valence-corrected chi connectivity index (χ4v) is 1.17. The molecule has 6 nitrogen and oxygen atoms in total. The molecule has 0 aliphatic heterocycles. The van der Waals surface area contributed by atoms with Crippen molar-refractivity contribution in [1.29, 1.82) is 0 Å². The van der Waals surface area contributed by atoms with E-state index in [1.165, 1.54) is 0 Å². The van der Waals surface area contributed by atoms with Crippen molar-refractivity contribution in [2.24, 2.45) is 11.8 Å². The zero-order chi connectivity index (χ0) is 14.8. The lowest BCUT2D eigenvalue weighted by molar-refractivity contribution is -0.146. The number of esters is 1. The maximum atomic E-state index is 11.9. The van der Waals surface area contributed by atoms with Crippen molar-refractivity contribution in [2.45, 2.75) is 20.8 Å². The zero-order valence-electron chi connectivity index (χ0n) is 11.4. The summed E-state index contributed by atoms with van der Waals surface area (Å²) in [5.41, 5.74) is 0. The van der Waals surface area contributed by atoms with Crippen LogP contribution in [0.5, 0.6) is 0 Å². The van der Waals surface area contributed by atoms with Gasteiger partial charge in [-0.1, -0.05) is 20.8 Å². The fraction of sp³-hybridized carbons (Fsp3) is 0.538. The Bertz CT molecular complexity index is 362. The van der Waals surface area contributed by atoms with E-state index in [4.69, 9.17) is 4.74 Å². The lowest BCUT2D eigenvalue weighted by atomic mass is 9.97. The molecule has 0 fully saturated rings. The average Bonchev–Trinajstić information content (AvgIpc) is 2.39. The molecule has 19 heavy (non-hydrogen) atoms. The van der Waals surface area contributed by atoms with E-state index in [9.17, 15) is 19.2 Å². The standard InChI is InChI=1S/C13H19NO5/c1-10(2)11(3)13(18)14(9-16)6-8-19-12(17)5-4-7-15/h4-5,7,9-11H,6,8H2,1-3H3/b5-4+/t11-/m1/s1. The van der Waals surface area contributed by atoms with Crippen LogP contribution in [0, 0.1) is 11.8 Å². The van der Waals surface area contributed by atoms with Crippen molar-refractivity contribution in [1.82, 2.24) is 4.90 Å². The molecule has 0 aliphatic carbocycles. The number of aldehydes is 1. The highest BCUT2D eigenvalue weighted by molar-refractivity contribution is 5.88. The van der Waals surface area contributed by atoms with E-state index in [0.717, 1.165) is 17.1 Å². The van der Waals surface area contributed by atoms with E-state index in [-0.39, 0.29) is 30.9 Å². The number of amides is 2. The molecule has 6 heteroatoms. The smallest absolute Gasteiger partial charge is 0.330 e. The molecule has 0 heterocycles. The molecule has 0 unspecified atom stereocenters. The van der Waals surface area contributed by atoms with Crippen LogP contribution in [0.25, 0.3) is 0 Å². The van der Waals surface area contributed by atoms with Gasteiger partial charge in [0.05, 0.1) is 6.54 Å². The fourth-order valence-electron chi connectivity index (χ4n) is 1.17. The number of nitrogens with zero attached hydrogens (tertiary/aromatic N) is 1. The van der Waals surface area contributed by atoms with Gasteiger partial charge in [0.25, 0.3) is 0 Å². The second-order valence-electron chi connectivity index (χ2n) is 4.33. The van der Waals surface area contributed by atoms with Crippen LogP contribution in [0.2, 0.25) is 0 Å². The Morgan fingerprint density at radius 3 is 2.32 bits per heavy atom. The molecule has 0 bridgehead atoms. The van der Waals surface area contributed by atoms with Gasteiger partial charge < -0.3 is 4.74 Å². The third-order valence-corrected chi connectivity index (χ3v) is 2.69. The first kappa shape index (κ1) is 17.0. The number of ether oxygens (including phenoxy) is 1. The van der Waals surface area contributed by atoms with E-state index >= 15 is 0 Å². The van der Waals surface area contributed by atoms with Crippen molar-refractivity contribution in [3.63, 3.8) is 0 Å². The van der Waals surface area contributed by atoms with Crippen molar-refractivity contribution >= 4 is 24.6 Å². The first-order valence-electron chi connectivity index (χ1n) is 5.98. The van der Waals surface area contributed by atoms with Gasteiger partial charge in [-0.15, -0.1) is 0 Å². The van der Waals surface area contributed by atoms with Crippen molar-refractivity contribution in [3.8, 4) is 0 Å². The SMILES string of the molecule is CC(C)[C@@H](C)C(=O)N(C=O)CCOC(=O)/C=C/C=O. The topological polar surface area (TPSA) is 80.8 Å². The van der Waals surface area contributed by atoms with E-state index in [1.54, 1.807) is 6.92 Å². The highest BCUT2D eigenvalue weighted by Crippen LogP contribution is 2.12. The Labute approximate surface area is 112 Å². The molecule has 0 saturated carbocycles. The van der Waals surface area contributed by atoms with Crippen LogP contribution in [0.15, 0.2) is 12.2 Å². The number of rotatable bonds is 8. The monoisotopic (exact) mass is 269 g/mol. The highest BCUT2D eigenvalue weighted by atomic mass is 16.5. The molecule has 0 aromatic heterocycles. The number of hydrogen-bond acceptors (Lipinski definition) is 5. The largest absolute Gasteiger partial charge is 0.461 e. The van der Waals surface area contributed by atoms with Gasteiger partial charge in [0.15, 0.2) is 0 Å². The minimum atomic E-state index is -0.692. The third-order valence-electron chi connectivity index (χ3n) is 2.69. The maximum Gasteiger partial charge on any atom is 0.330 e. The van der Waals surface area contributed by atoms with Crippen LogP contribution in [0.1, 0.15) is 20.8 Å². The maximum absolute atomic E-state index is 11.9. The van der Waals surface area contributed by atoms with Gasteiger partial charge in [-0.05, 0) is 12.0 Å². The number of carbonyl (C=O) groups is 4. The number of allylic oxidation sites excluding steroid dienone is 1. The minimum Gasteiger partial charge on any atom is -0.461 e. The van der Waals surface area contributed by atoms with Gasteiger partial charge in [0, 0.05) is 12.0 Å². The molecule has 0 aliphatic rings. The Kier molecular flexibility index (Phi) is 8.08. The zero-order valence-corrected chi connectivity index (χ0v) is 11.4. The molecule has 0 aromatic rings. The molecule has 0 aromatic carbocycles. The molecule has 1 atom stereocenters. The van der Waals surface area contributed by atoms with E-state index < -0.39 is 5.97 Å². The molecule has 0 saturated heterocycles. The van der Waals surface area contributed by atoms with Gasteiger partial charge in [-0.2, -0.15) is 0 Å². The summed E-state index contributed by atoms with van der Waals surface area (Å²) in [5.74, 6) is -1.16. The molecule has 0 radical (unpaired) electrons. The van der Waals surface area contributed by atoms with Crippen LogP contribution in [-0.4, -0.2) is 42.6 Å².